The first-order valence-corrected chi connectivity index (χ1v) is 12.8. The zero-order valence-corrected chi connectivity index (χ0v) is 21.7. The maximum absolute atomic E-state index is 6.14. The summed E-state index contributed by atoms with van der Waals surface area (Å²) >= 11 is 7.14. The molecule has 182 valence electrons. The molecular formula is C22H34Br2N2O6. The fourth-order valence-corrected chi connectivity index (χ4v) is 4.04. The first-order valence-electron chi connectivity index (χ1n) is 11.2. The van der Waals surface area contributed by atoms with Gasteiger partial charge in [-0.05, 0) is 44.0 Å². The second kappa shape index (κ2) is 15.4. The highest BCUT2D eigenvalue weighted by Crippen LogP contribution is 2.36. The van der Waals surface area contributed by atoms with Gasteiger partial charge in [-0.1, -0.05) is 0 Å². The lowest BCUT2D eigenvalue weighted by Crippen LogP contribution is -2.36. The number of halogens is 2. The van der Waals surface area contributed by atoms with Crippen molar-refractivity contribution in [3.05, 3.63) is 21.1 Å². The van der Waals surface area contributed by atoms with Gasteiger partial charge in [0.1, 0.15) is 13.2 Å². The molecule has 0 spiro atoms. The van der Waals surface area contributed by atoms with E-state index < -0.39 is 0 Å². The molecule has 0 N–H and O–H groups in total. The topological polar surface area (TPSA) is 61.9 Å². The molecule has 0 amide bonds. The zero-order valence-electron chi connectivity index (χ0n) is 18.6. The van der Waals surface area contributed by atoms with Gasteiger partial charge in [0.2, 0.25) is 0 Å². The summed E-state index contributed by atoms with van der Waals surface area (Å²) in [4.78, 5) is 4.58. The molecule has 1 saturated heterocycles. The van der Waals surface area contributed by atoms with Crippen LogP contribution < -0.4 is 9.47 Å². The van der Waals surface area contributed by atoms with E-state index in [0.717, 1.165) is 59.7 Å². The number of hydrogen-bond donors (Lipinski definition) is 0. The number of benzene rings is 1. The summed E-state index contributed by atoms with van der Waals surface area (Å²) in [5, 5.41) is 0. The molecule has 10 heteroatoms. The van der Waals surface area contributed by atoms with E-state index in [2.05, 4.69) is 41.7 Å². The van der Waals surface area contributed by atoms with Gasteiger partial charge in [-0.15, -0.1) is 0 Å². The molecule has 3 aliphatic heterocycles. The van der Waals surface area contributed by atoms with Crippen molar-refractivity contribution in [3.8, 4) is 11.5 Å². The number of fused-ring (bicyclic) bond motifs is 18. The predicted molar refractivity (Wildman–Crippen MR) is 129 cm³/mol. The van der Waals surface area contributed by atoms with Crippen molar-refractivity contribution in [2.24, 2.45) is 0 Å². The first-order chi connectivity index (χ1) is 15.7. The normalized spacial score (nSPS) is 25.7. The van der Waals surface area contributed by atoms with Gasteiger partial charge in [0, 0.05) is 48.2 Å². The van der Waals surface area contributed by atoms with Crippen LogP contribution in [0, 0.1) is 0 Å². The SMILES string of the molecule is Brc1cc2c(cc1Br)OCCN1CCOCCOCCN(CCOCCOCC1)CCO2. The summed E-state index contributed by atoms with van der Waals surface area (Å²) in [5.74, 6) is 1.46. The van der Waals surface area contributed by atoms with Gasteiger partial charge in [0.25, 0.3) is 0 Å². The number of hydrogen-bond acceptors (Lipinski definition) is 8. The Morgan fingerprint density at radius 3 is 1.12 bits per heavy atom. The van der Waals surface area contributed by atoms with Crippen molar-refractivity contribution in [1.29, 1.82) is 0 Å². The highest BCUT2D eigenvalue weighted by Gasteiger charge is 2.14. The first kappa shape index (κ1) is 26.2. The van der Waals surface area contributed by atoms with E-state index in [1.807, 2.05) is 12.1 Å². The average Bonchev–Trinajstić information content (AvgIpc) is 2.78. The Kier molecular flexibility index (Phi) is 12.6. The lowest BCUT2D eigenvalue weighted by molar-refractivity contribution is 0.00505. The van der Waals surface area contributed by atoms with Crippen LogP contribution in [-0.4, -0.2) is 115 Å². The van der Waals surface area contributed by atoms with Crippen molar-refractivity contribution in [2.75, 3.05) is 105 Å². The molecule has 3 aliphatic rings. The Morgan fingerprint density at radius 1 is 0.469 bits per heavy atom. The van der Waals surface area contributed by atoms with E-state index in [1.165, 1.54) is 0 Å². The van der Waals surface area contributed by atoms with E-state index in [1.54, 1.807) is 0 Å². The predicted octanol–water partition coefficient (Wildman–Crippen LogP) is 2.67. The second-order valence-corrected chi connectivity index (χ2v) is 9.25. The molecule has 0 atom stereocenters. The second-order valence-electron chi connectivity index (χ2n) is 7.54. The van der Waals surface area contributed by atoms with Crippen LogP contribution in [0.25, 0.3) is 0 Å². The van der Waals surface area contributed by atoms with Crippen molar-refractivity contribution in [1.82, 2.24) is 9.80 Å². The van der Waals surface area contributed by atoms with E-state index in [-0.39, 0.29) is 0 Å². The van der Waals surface area contributed by atoms with Crippen molar-refractivity contribution < 1.29 is 28.4 Å². The summed E-state index contributed by atoms with van der Waals surface area (Å²) < 4.78 is 37.2. The minimum atomic E-state index is 0.544. The quantitative estimate of drug-likeness (QED) is 0.463. The summed E-state index contributed by atoms with van der Waals surface area (Å²) in [6.07, 6.45) is 0. The maximum Gasteiger partial charge on any atom is 0.162 e. The number of rotatable bonds is 0. The lowest BCUT2D eigenvalue weighted by Gasteiger charge is -2.25. The van der Waals surface area contributed by atoms with Gasteiger partial charge < -0.3 is 28.4 Å². The van der Waals surface area contributed by atoms with E-state index in [4.69, 9.17) is 28.4 Å². The molecule has 0 saturated carbocycles. The zero-order chi connectivity index (χ0) is 22.4. The van der Waals surface area contributed by atoms with E-state index in [9.17, 15) is 0 Å². The van der Waals surface area contributed by atoms with Crippen molar-refractivity contribution >= 4 is 31.9 Å². The summed E-state index contributed by atoms with van der Waals surface area (Å²) in [5.41, 5.74) is 0. The maximum atomic E-state index is 6.14. The van der Waals surface area contributed by atoms with Crippen LogP contribution in [0.15, 0.2) is 21.1 Å². The average molecular weight is 582 g/mol. The standard InChI is InChI=1S/C22H34Br2N2O6/c23-19-17-21-22(18-20(19)24)32-12-6-26-3-9-29-14-13-27-7-1-25(5-11-31-21)2-8-28-15-16-30-10-4-26/h17-18H,1-16H2. The summed E-state index contributed by atoms with van der Waals surface area (Å²) in [6, 6.07) is 3.90. The van der Waals surface area contributed by atoms with Crippen LogP contribution in [0.3, 0.4) is 0 Å². The molecular weight excluding hydrogens is 548 g/mol. The van der Waals surface area contributed by atoms with Crippen molar-refractivity contribution in [3.63, 3.8) is 0 Å². The van der Waals surface area contributed by atoms with Crippen LogP contribution >= 0.6 is 31.9 Å². The largest absolute Gasteiger partial charge is 0.488 e. The van der Waals surface area contributed by atoms with E-state index in [0.29, 0.717) is 66.1 Å². The van der Waals surface area contributed by atoms with E-state index >= 15 is 0 Å². The van der Waals surface area contributed by atoms with Crippen LogP contribution in [0.2, 0.25) is 0 Å². The van der Waals surface area contributed by atoms with Gasteiger partial charge in [-0.3, -0.25) is 9.80 Å². The molecule has 3 heterocycles. The Labute approximate surface area is 207 Å². The third-order valence-corrected chi connectivity index (χ3v) is 7.11. The summed E-state index contributed by atoms with van der Waals surface area (Å²) in [7, 11) is 0. The number of nitrogens with zero attached hydrogens (tertiary/aromatic N) is 2. The Morgan fingerprint density at radius 2 is 0.781 bits per heavy atom. The van der Waals surface area contributed by atoms with Crippen LogP contribution in [0.5, 0.6) is 11.5 Å². The fourth-order valence-electron chi connectivity index (χ4n) is 3.39. The van der Waals surface area contributed by atoms with Gasteiger partial charge in [-0.2, -0.15) is 0 Å². The molecule has 1 aromatic carbocycles. The van der Waals surface area contributed by atoms with Crippen LogP contribution in [0.1, 0.15) is 0 Å². The molecule has 2 bridgehead atoms. The van der Waals surface area contributed by atoms with Crippen molar-refractivity contribution in [2.45, 2.75) is 0 Å². The Bertz CT molecular complexity index is 595. The van der Waals surface area contributed by atoms with Crippen LogP contribution in [-0.2, 0) is 18.9 Å². The molecule has 0 aromatic heterocycles. The number of ether oxygens (including phenoxy) is 6. The molecule has 0 radical (unpaired) electrons. The fraction of sp³-hybridized carbons (Fsp3) is 0.727. The molecule has 32 heavy (non-hydrogen) atoms. The molecule has 8 nitrogen and oxygen atoms in total. The monoisotopic (exact) mass is 580 g/mol. The third-order valence-electron chi connectivity index (χ3n) is 5.27. The highest BCUT2D eigenvalue weighted by atomic mass is 79.9. The van der Waals surface area contributed by atoms with Gasteiger partial charge in [-0.25, -0.2) is 0 Å². The smallest absolute Gasteiger partial charge is 0.162 e. The van der Waals surface area contributed by atoms with Crippen LogP contribution in [0.4, 0.5) is 0 Å². The minimum Gasteiger partial charge on any atom is -0.488 e. The summed E-state index contributed by atoms with van der Waals surface area (Å²) in [6.45, 7) is 10.9. The van der Waals surface area contributed by atoms with Gasteiger partial charge in [0.15, 0.2) is 11.5 Å². The third kappa shape index (κ3) is 9.80. The molecule has 0 aliphatic carbocycles. The Hall–Kier alpha value is -0.460. The minimum absolute atomic E-state index is 0.544. The highest BCUT2D eigenvalue weighted by molar-refractivity contribution is 9.13. The Balaban J connectivity index is 1.74. The lowest BCUT2D eigenvalue weighted by atomic mass is 10.3. The van der Waals surface area contributed by atoms with Gasteiger partial charge >= 0.3 is 0 Å². The molecule has 1 fully saturated rings. The molecule has 1 aromatic rings. The van der Waals surface area contributed by atoms with Gasteiger partial charge in [0.05, 0.1) is 52.9 Å². The molecule has 4 rings (SSSR count). The molecule has 0 unspecified atom stereocenters.